The van der Waals surface area contributed by atoms with Gasteiger partial charge in [-0.15, -0.1) is 5.10 Å². The summed E-state index contributed by atoms with van der Waals surface area (Å²) in [5.41, 5.74) is 9.87. The number of nitrogen functional groups attached to an aromatic ring is 1. The molecule has 4 aromatic heterocycles. The minimum Gasteiger partial charge on any atom is -0.744 e. The SMILES string of the molecule is CC1(C)C(/C=C/C=C/C=C2/N(CCCS(=O)(=O)O)c3ccc(S(=O)(=O)O)cc3C2(C)CCCCCC(=O)NCCNC(=O)COc2ccc(CCCn3ncc4c3nc(N)n3nc(-c5ccco5)nc43)cc2)=[N+](CCCS(=O)(=O)O)c2ccc(S(=O)(=O)[O-])cc21.CCN(CC)CC.CCN(CC)CC. The lowest BCUT2D eigenvalue weighted by atomic mass is 9.77. The Labute approximate surface area is 610 Å². The van der Waals surface area contributed by atoms with Crippen molar-refractivity contribution in [3.8, 4) is 17.3 Å². The second-order valence-electron chi connectivity index (χ2n) is 25.8. The quantitative estimate of drug-likeness (QED) is 0.00924. The number of unbranched alkanes of at least 4 members (excludes halogenated alkanes) is 2. The minimum absolute atomic E-state index is 0.00495. The summed E-state index contributed by atoms with van der Waals surface area (Å²) in [7, 11) is -18.2. The molecule has 0 spiro atoms. The first-order valence-electron chi connectivity index (χ1n) is 34.9. The number of benzene rings is 3. The minimum atomic E-state index is -4.82. The number of hydrogen-bond donors (Lipinski definition) is 6. The van der Waals surface area contributed by atoms with Crippen molar-refractivity contribution in [2.24, 2.45) is 0 Å². The van der Waals surface area contributed by atoms with E-state index in [2.05, 4.69) is 82.1 Å². The summed E-state index contributed by atoms with van der Waals surface area (Å²) in [6.45, 7) is 26.6. The van der Waals surface area contributed by atoms with Gasteiger partial charge in [0.15, 0.2) is 29.4 Å². The number of aromatic nitrogens is 6. The molecule has 29 nitrogen and oxygen atoms in total. The molecule has 7 aromatic rings. The van der Waals surface area contributed by atoms with Crippen molar-refractivity contribution < 1.29 is 75.2 Å². The topological polar surface area (TPSA) is 401 Å². The van der Waals surface area contributed by atoms with Gasteiger partial charge in [-0.25, -0.2) is 18.1 Å². The fourth-order valence-electron chi connectivity index (χ4n) is 12.7. The lowest BCUT2D eigenvalue weighted by molar-refractivity contribution is -0.437. The van der Waals surface area contributed by atoms with Gasteiger partial charge in [0, 0.05) is 73.5 Å². The Balaban J connectivity index is 0.000000980. The second kappa shape index (κ2) is 37.1. The van der Waals surface area contributed by atoms with E-state index < -0.39 is 67.7 Å². The normalized spacial score (nSPS) is 15.7. The van der Waals surface area contributed by atoms with E-state index in [1.54, 1.807) is 70.1 Å². The van der Waals surface area contributed by atoms with Crippen LogP contribution in [0.3, 0.4) is 0 Å². The highest BCUT2D eigenvalue weighted by Crippen LogP contribution is 2.52. The molecule has 33 heteroatoms. The van der Waals surface area contributed by atoms with Crippen LogP contribution in [0, 0.1) is 0 Å². The Morgan fingerprint density at radius 3 is 1.95 bits per heavy atom. The number of carbonyl (C=O) groups is 2. The third-order valence-electron chi connectivity index (χ3n) is 18.5. The molecule has 0 bridgehead atoms. The maximum Gasteiger partial charge on any atom is 0.294 e. The summed E-state index contributed by atoms with van der Waals surface area (Å²) in [6, 6.07) is 19.0. The Morgan fingerprint density at radius 2 is 1.35 bits per heavy atom. The molecule has 0 fully saturated rings. The summed E-state index contributed by atoms with van der Waals surface area (Å²) < 4.78 is 154. The highest BCUT2D eigenvalue weighted by atomic mass is 32.2. The molecule has 0 aliphatic carbocycles. The molecular weight excluding hydrogens is 1420 g/mol. The van der Waals surface area contributed by atoms with Crippen LogP contribution in [-0.4, -0.2) is 197 Å². The molecule has 2 aliphatic rings. The third-order valence-corrected chi connectivity index (χ3v) is 21.7. The van der Waals surface area contributed by atoms with Crippen LogP contribution in [0.25, 0.3) is 28.3 Å². The first-order chi connectivity index (χ1) is 49.2. The summed E-state index contributed by atoms with van der Waals surface area (Å²) in [4.78, 5) is 40.5. The van der Waals surface area contributed by atoms with Crippen LogP contribution in [0.1, 0.15) is 130 Å². The van der Waals surface area contributed by atoms with Crippen molar-refractivity contribution in [3.63, 3.8) is 0 Å². The Hall–Kier alpha value is -8.25. The monoisotopic (exact) mass is 1520 g/mol. The molecule has 0 radical (unpaired) electrons. The molecule has 6 heterocycles. The number of allylic oxidation sites excluding steroid dienone is 6. The molecule has 2 amide bonds. The van der Waals surface area contributed by atoms with Crippen molar-refractivity contribution in [2.75, 3.05) is 94.2 Å². The number of nitrogens with one attached hydrogen (secondary N) is 2. The van der Waals surface area contributed by atoms with E-state index in [9.17, 15) is 61.5 Å². The summed E-state index contributed by atoms with van der Waals surface area (Å²) in [6.07, 6.45) is 15.4. The maximum atomic E-state index is 12.9. The summed E-state index contributed by atoms with van der Waals surface area (Å²) in [5, 5.41) is 15.2. The Bertz CT molecular complexity index is 4660. The fraction of sp³-hybridized carbons (Fsp3) is 0.479. The van der Waals surface area contributed by atoms with Crippen LogP contribution >= 0.6 is 0 Å². The molecule has 568 valence electrons. The van der Waals surface area contributed by atoms with E-state index in [1.165, 1.54) is 86.4 Å². The van der Waals surface area contributed by atoms with Crippen molar-refractivity contribution in [3.05, 3.63) is 138 Å². The zero-order chi connectivity index (χ0) is 76.2. The Morgan fingerprint density at radius 1 is 0.712 bits per heavy atom. The number of anilines is 2. The maximum absolute atomic E-state index is 12.9. The lowest BCUT2D eigenvalue weighted by Gasteiger charge is -2.30. The number of furan rings is 1. The zero-order valence-electron chi connectivity index (χ0n) is 60.6. The second-order valence-corrected chi connectivity index (χ2v) is 31.7. The van der Waals surface area contributed by atoms with Crippen LogP contribution in [0.15, 0.2) is 136 Å². The highest BCUT2D eigenvalue weighted by molar-refractivity contribution is 7.86. The molecule has 0 saturated heterocycles. The van der Waals surface area contributed by atoms with Crippen molar-refractivity contribution >= 4 is 92.0 Å². The van der Waals surface area contributed by atoms with Gasteiger partial charge in [0.1, 0.15) is 22.4 Å². The van der Waals surface area contributed by atoms with Crippen molar-refractivity contribution in [1.29, 1.82) is 0 Å². The van der Waals surface area contributed by atoms with E-state index in [0.29, 0.717) is 100 Å². The van der Waals surface area contributed by atoms with E-state index in [4.69, 9.17) is 14.9 Å². The average Bonchev–Trinajstić information content (AvgIpc) is 1.60. The van der Waals surface area contributed by atoms with Crippen LogP contribution in [0.5, 0.6) is 5.75 Å². The number of fused-ring (bicyclic) bond motifs is 5. The number of nitrogens with zero attached hydrogens (tertiary/aromatic N) is 10. The average molecular weight is 1520 g/mol. The number of nitrogens with two attached hydrogens (primary N) is 1. The highest BCUT2D eigenvalue weighted by Gasteiger charge is 2.46. The molecule has 9 rings (SSSR count). The molecule has 1 atom stereocenters. The standard InChI is InChI=1S/C59H69N11O16S4.2C6H15N/c1-58(2)45-36-42(89(79,80)81)23-25-47(45)67(30-12-34-87(73,74)75)50(58)16-6-4-7-17-51-59(3,46-37-43(90(82,83)84)24-26-48(46)68(51)31-13-35-88(76,77)78)27-9-5-8-18-52(71)61-28-29-62-53(72)39-86-41-21-19-40(20-22-41)14-10-32-69-55-44(38-63-69)56-64-54(49-15-11-33-85-49)66-70(56)57(60)65-55;2*1-4-7(5-2)6-3/h4,6-7,11,15-17,19-26,33,36-38H,5,8-10,12-14,18,27-32,34-35,39H2,1-3H3,(H7-,60,61,62,63,64,65,66,71,72,73,74,75,76,77,78,79,80,81,82,83,84);2*4-6H2,1-3H3. The number of ether oxygens (including phenoxy) is 1. The molecule has 104 heavy (non-hydrogen) atoms. The van der Waals surface area contributed by atoms with Crippen LogP contribution < -0.4 is 26.0 Å². The molecule has 1 unspecified atom stereocenters. The molecule has 0 saturated carbocycles. The van der Waals surface area contributed by atoms with Crippen LogP contribution in [0.4, 0.5) is 17.3 Å². The largest absolute Gasteiger partial charge is 0.744 e. The number of aryl methyl sites for hydroxylation is 2. The first-order valence-corrected chi connectivity index (χ1v) is 41.0. The van der Waals surface area contributed by atoms with Crippen LogP contribution in [0.2, 0.25) is 0 Å². The fourth-order valence-corrected chi connectivity index (χ4v) is 14.7. The van der Waals surface area contributed by atoms with Gasteiger partial charge in [-0.05, 0) is 164 Å². The summed E-state index contributed by atoms with van der Waals surface area (Å²) >= 11 is 0. The smallest absolute Gasteiger partial charge is 0.294 e. The third kappa shape index (κ3) is 22.6. The van der Waals surface area contributed by atoms with Gasteiger partial charge in [-0.1, -0.05) is 84.7 Å². The number of amides is 2. The molecular formula is C71H99N13O16S4. The first kappa shape index (κ1) is 83.0. The van der Waals surface area contributed by atoms with E-state index >= 15 is 0 Å². The predicted octanol–water partition coefficient (Wildman–Crippen LogP) is 8.76. The van der Waals surface area contributed by atoms with E-state index in [0.717, 1.165) is 18.4 Å². The van der Waals surface area contributed by atoms with Gasteiger partial charge in [-0.2, -0.15) is 44.4 Å². The molecule has 7 N–H and O–H groups in total. The van der Waals surface area contributed by atoms with E-state index in [1.807, 2.05) is 37.8 Å². The predicted molar refractivity (Wildman–Crippen MR) is 399 cm³/mol. The zero-order valence-corrected chi connectivity index (χ0v) is 63.8. The molecule has 2 aliphatic heterocycles. The Kier molecular flexibility index (Phi) is 29.6. The lowest BCUT2D eigenvalue weighted by Crippen LogP contribution is -2.36. The van der Waals surface area contributed by atoms with Gasteiger partial charge < -0.3 is 44.8 Å². The van der Waals surface area contributed by atoms with Gasteiger partial charge in [0.05, 0.1) is 44.6 Å². The van der Waals surface area contributed by atoms with E-state index in [-0.39, 0.29) is 74.7 Å². The van der Waals surface area contributed by atoms with Gasteiger partial charge >= 0.3 is 0 Å². The van der Waals surface area contributed by atoms with Gasteiger partial charge in [0.2, 0.25) is 23.4 Å². The van der Waals surface area contributed by atoms with Crippen molar-refractivity contribution in [2.45, 2.75) is 147 Å². The van der Waals surface area contributed by atoms with Gasteiger partial charge in [-0.3, -0.25) is 23.2 Å². The number of carbonyl (C=O) groups excluding carboxylic acids is 2. The molecule has 3 aromatic carbocycles. The number of rotatable bonds is 36. The summed E-state index contributed by atoms with van der Waals surface area (Å²) in [5.74, 6) is -0.169. The van der Waals surface area contributed by atoms with Crippen molar-refractivity contribution in [1.82, 2.24) is 49.8 Å². The van der Waals surface area contributed by atoms with Crippen LogP contribution in [-0.2, 0) is 73.9 Å². The van der Waals surface area contributed by atoms with Gasteiger partial charge in [0.25, 0.3) is 36.3 Å². The number of hydrogen-bond acceptors (Lipinski definition) is 21.